The van der Waals surface area contributed by atoms with Crippen LogP contribution in [-0.2, 0) is 0 Å². The number of hydrogen-bond acceptors (Lipinski definition) is 4. The van der Waals surface area contributed by atoms with E-state index in [1.807, 2.05) is 0 Å². The van der Waals surface area contributed by atoms with E-state index in [-0.39, 0.29) is 23.3 Å². The summed E-state index contributed by atoms with van der Waals surface area (Å²) in [5, 5.41) is 5.55. The molecular weight excluding hydrogens is 259 g/mol. The summed E-state index contributed by atoms with van der Waals surface area (Å²) < 4.78 is 14.0. The van der Waals surface area contributed by atoms with Gasteiger partial charge in [0, 0.05) is 31.9 Å². The lowest BCUT2D eigenvalue weighted by atomic mass is 9.98. The Hall–Kier alpha value is -1.69. The van der Waals surface area contributed by atoms with Crippen molar-refractivity contribution in [2.24, 2.45) is 0 Å². The number of nitrogens with zero attached hydrogens (tertiary/aromatic N) is 2. The number of rotatable bonds is 3. The van der Waals surface area contributed by atoms with E-state index >= 15 is 0 Å². The maximum Gasteiger partial charge on any atom is 0.254 e. The molecule has 2 atom stereocenters. The van der Waals surface area contributed by atoms with Gasteiger partial charge in [0.2, 0.25) is 0 Å². The lowest BCUT2D eigenvalue weighted by Gasteiger charge is -2.35. The predicted octanol–water partition coefficient (Wildman–Crippen LogP) is 1.47. The second-order valence-corrected chi connectivity index (χ2v) is 5.30. The lowest BCUT2D eigenvalue weighted by molar-refractivity contribution is 0.0892. The number of hydrogen-bond donors (Lipinski definition) is 2. The molecule has 0 radical (unpaired) electrons. The van der Waals surface area contributed by atoms with Gasteiger partial charge in [-0.2, -0.15) is 0 Å². The summed E-state index contributed by atoms with van der Waals surface area (Å²) in [5.41, 5.74) is 0.0379. The van der Waals surface area contributed by atoms with Gasteiger partial charge in [-0.1, -0.05) is 0 Å². The van der Waals surface area contributed by atoms with Crippen LogP contribution in [0.25, 0.3) is 0 Å². The summed E-state index contributed by atoms with van der Waals surface area (Å²) in [6.07, 6.45) is 3.20. The highest BCUT2D eigenvalue weighted by atomic mass is 19.1. The van der Waals surface area contributed by atoms with Crippen LogP contribution < -0.4 is 10.6 Å². The van der Waals surface area contributed by atoms with Gasteiger partial charge in [0.15, 0.2) is 11.6 Å². The third-order valence-electron chi connectivity index (χ3n) is 3.91. The Kier molecular flexibility index (Phi) is 4.54. The summed E-state index contributed by atoms with van der Waals surface area (Å²) in [6.45, 7) is 3.07. The average Bonchev–Trinajstić information content (AvgIpc) is 2.43. The van der Waals surface area contributed by atoms with E-state index in [9.17, 15) is 9.18 Å². The molecular formula is C14H21FN4O. The van der Waals surface area contributed by atoms with Crippen LogP contribution in [0, 0.1) is 5.82 Å². The van der Waals surface area contributed by atoms with Crippen LogP contribution in [0.5, 0.6) is 0 Å². The van der Waals surface area contributed by atoms with E-state index in [2.05, 4.69) is 34.5 Å². The normalized spacial score (nSPS) is 23.4. The van der Waals surface area contributed by atoms with Gasteiger partial charge in [-0.15, -0.1) is 0 Å². The van der Waals surface area contributed by atoms with E-state index in [0.717, 1.165) is 19.4 Å². The maximum absolute atomic E-state index is 14.0. The number of amides is 1. The van der Waals surface area contributed by atoms with Gasteiger partial charge in [0.1, 0.15) is 0 Å². The van der Waals surface area contributed by atoms with Gasteiger partial charge in [0.05, 0.1) is 5.56 Å². The molecule has 2 unspecified atom stereocenters. The molecule has 2 heterocycles. The molecule has 2 rings (SSSR count). The third kappa shape index (κ3) is 3.07. The molecule has 0 saturated carbocycles. The Labute approximate surface area is 118 Å². The van der Waals surface area contributed by atoms with Crippen LogP contribution in [-0.4, -0.2) is 48.5 Å². The Morgan fingerprint density at radius 1 is 1.55 bits per heavy atom. The quantitative estimate of drug-likeness (QED) is 0.880. The molecule has 5 nitrogen and oxygen atoms in total. The Morgan fingerprint density at radius 3 is 2.95 bits per heavy atom. The Balaban J connectivity index is 2.05. The van der Waals surface area contributed by atoms with Gasteiger partial charge in [0.25, 0.3) is 5.91 Å². The van der Waals surface area contributed by atoms with Gasteiger partial charge in [-0.3, -0.25) is 4.79 Å². The first-order valence-corrected chi connectivity index (χ1v) is 6.86. The molecule has 1 aliphatic heterocycles. The largest absolute Gasteiger partial charge is 0.371 e. The molecule has 0 spiro atoms. The second kappa shape index (κ2) is 6.17. The highest BCUT2D eigenvalue weighted by Gasteiger charge is 2.25. The second-order valence-electron chi connectivity index (χ2n) is 5.30. The van der Waals surface area contributed by atoms with Crippen LogP contribution in [0.1, 0.15) is 30.1 Å². The first-order valence-electron chi connectivity index (χ1n) is 6.86. The monoisotopic (exact) mass is 280 g/mol. The van der Waals surface area contributed by atoms with Gasteiger partial charge < -0.3 is 15.5 Å². The number of carbonyl (C=O) groups is 1. The van der Waals surface area contributed by atoms with Crippen molar-refractivity contribution in [2.75, 3.05) is 26.0 Å². The minimum absolute atomic E-state index is 0.0379. The van der Waals surface area contributed by atoms with E-state index in [4.69, 9.17) is 0 Å². The zero-order chi connectivity index (χ0) is 14.7. The van der Waals surface area contributed by atoms with Crippen LogP contribution in [0.3, 0.4) is 0 Å². The van der Waals surface area contributed by atoms with Crippen molar-refractivity contribution in [1.29, 1.82) is 0 Å². The topological polar surface area (TPSA) is 57.3 Å². The summed E-state index contributed by atoms with van der Waals surface area (Å²) >= 11 is 0. The SMILES string of the molecule is CNc1nccc(C(=O)NC2CCN(C)C(C)C2)c1F. The van der Waals surface area contributed by atoms with Crippen LogP contribution >= 0.6 is 0 Å². The first-order chi connectivity index (χ1) is 9.52. The lowest BCUT2D eigenvalue weighted by Crippen LogP contribution is -2.47. The Morgan fingerprint density at radius 2 is 2.30 bits per heavy atom. The fourth-order valence-electron chi connectivity index (χ4n) is 2.48. The number of nitrogens with one attached hydrogen (secondary N) is 2. The van der Waals surface area contributed by atoms with Crippen LogP contribution in [0.2, 0.25) is 0 Å². The third-order valence-corrected chi connectivity index (χ3v) is 3.91. The molecule has 1 saturated heterocycles. The van der Waals surface area contributed by atoms with Crippen molar-refractivity contribution in [3.8, 4) is 0 Å². The number of carbonyl (C=O) groups excluding carboxylic acids is 1. The minimum atomic E-state index is -0.603. The number of pyridine rings is 1. The fraction of sp³-hybridized carbons (Fsp3) is 0.571. The predicted molar refractivity (Wildman–Crippen MR) is 76.3 cm³/mol. The Bertz CT molecular complexity index is 494. The number of halogens is 1. The van der Waals surface area contributed by atoms with Gasteiger partial charge in [-0.05, 0) is 32.9 Å². The molecule has 1 aromatic rings. The smallest absolute Gasteiger partial charge is 0.254 e. The van der Waals surface area contributed by atoms with Crippen molar-refractivity contribution in [3.05, 3.63) is 23.6 Å². The molecule has 110 valence electrons. The average molecular weight is 280 g/mol. The molecule has 1 aromatic heterocycles. The standard InChI is InChI=1S/C14H21FN4O/c1-9-8-10(5-7-19(9)3)18-14(20)11-4-6-17-13(16-2)12(11)15/h4,6,9-10H,5,7-8H2,1-3H3,(H,16,17)(H,18,20). The first kappa shape index (κ1) is 14.7. The van der Waals surface area contributed by atoms with Gasteiger partial charge >= 0.3 is 0 Å². The van der Waals surface area contributed by atoms with Crippen molar-refractivity contribution in [1.82, 2.24) is 15.2 Å². The summed E-state index contributed by atoms with van der Waals surface area (Å²) in [7, 11) is 3.65. The number of likely N-dealkylation sites (tertiary alicyclic amines) is 1. The zero-order valence-electron chi connectivity index (χ0n) is 12.1. The number of aromatic nitrogens is 1. The molecule has 1 fully saturated rings. The zero-order valence-corrected chi connectivity index (χ0v) is 12.1. The van der Waals surface area contributed by atoms with E-state index in [1.54, 1.807) is 7.05 Å². The van der Waals surface area contributed by atoms with Crippen molar-refractivity contribution < 1.29 is 9.18 Å². The van der Waals surface area contributed by atoms with Crippen LogP contribution in [0.4, 0.5) is 10.2 Å². The van der Waals surface area contributed by atoms with Crippen molar-refractivity contribution in [3.63, 3.8) is 0 Å². The molecule has 0 aliphatic carbocycles. The number of piperidine rings is 1. The highest BCUT2D eigenvalue weighted by molar-refractivity contribution is 5.95. The van der Waals surface area contributed by atoms with E-state index in [0.29, 0.717) is 6.04 Å². The molecule has 20 heavy (non-hydrogen) atoms. The van der Waals surface area contributed by atoms with Crippen LogP contribution in [0.15, 0.2) is 12.3 Å². The molecule has 1 aliphatic rings. The van der Waals surface area contributed by atoms with E-state index in [1.165, 1.54) is 12.3 Å². The fourth-order valence-corrected chi connectivity index (χ4v) is 2.48. The molecule has 0 bridgehead atoms. The molecule has 2 N–H and O–H groups in total. The molecule has 0 aromatic carbocycles. The summed E-state index contributed by atoms with van der Waals surface area (Å²) in [4.78, 5) is 18.3. The molecule has 6 heteroatoms. The maximum atomic E-state index is 14.0. The summed E-state index contributed by atoms with van der Waals surface area (Å²) in [6, 6.07) is 1.92. The summed E-state index contributed by atoms with van der Waals surface area (Å²) in [5.74, 6) is -0.883. The van der Waals surface area contributed by atoms with Gasteiger partial charge in [-0.25, -0.2) is 9.37 Å². The van der Waals surface area contributed by atoms with Crippen molar-refractivity contribution >= 4 is 11.7 Å². The minimum Gasteiger partial charge on any atom is -0.371 e. The molecule has 1 amide bonds. The number of anilines is 1. The highest BCUT2D eigenvalue weighted by Crippen LogP contribution is 2.18. The van der Waals surface area contributed by atoms with E-state index < -0.39 is 5.82 Å². The van der Waals surface area contributed by atoms with Crippen molar-refractivity contribution in [2.45, 2.75) is 31.8 Å².